The summed E-state index contributed by atoms with van der Waals surface area (Å²) < 4.78 is 32.5. The van der Waals surface area contributed by atoms with Crippen molar-refractivity contribution < 1.29 is 18.0 Å². The van der Waals surface area contributed by atoms with Crippen molar-refractivity contribution in [3.05, 3.63) is 75.5 Å². The molecule has 0 spiro atoms. The van der Waals surface area contributed by atoms with Crippen molar-refractivity contribution in [2.75, 3.05) is 5.32 Å². The van der Waals surface area contributed by atoms with Gasteiger partial charge in [0.2, 0.25) is 0 Å². The average molecular weight is 357 g/mol. The molecule has 0 atom stereocenters. The first kappa shape index (κ1) is 15.5. The van der Waals surface area contributed by atoms with E-state index in [-0.39, 0.29) is 16.0 Å². The zero-order chi connectivity index (χ0) is 17.6. The Morgan fingerprint density at radius 2 is 1.84 bits per heavy atom. The van der Waals surface area contributed by atoms with Crippen molar-refractivity contribution in [3.63, 3.8) is 0 Å². The molecule has 7 heteroatoms. The number of hydrogen-bond acceptors (Lipinski definition) is 4. The predicted molar refractivity (Wildman–Crippen MR) is 92.2 cm³/mol. The third kappa shape index (κ3) is 2.68. The van der Waals surface area contributed by atoms with Gasteiger partial charge in [0, 0.05) is 11.5 Å². The molecule has 0 fully saturated rings. The lowest BCUT2D eigenvalue weighted by molar-refractivity contribution is 0.103. The van der Waals surface area contributed by atoms with Gasteiger partial charge in [0.25, 0.3) is 5.91 Å². The molecule has 1 N–H and O–H groups in total. The largest absolute Gasteiger partial charge is 0.422 e. The van der Waals surface area contributed by atoms with E-state index in [9.17, 15) is 18.4 Å². The Hall–Kier alpha value is -3.06. The Bertz CT molecular complexity index is 1200. The normalized spacial score (nSPS) is 11.1. The number of thiophene rings is 1. The molecule has 2 heterocycles. The summed E-state index contributed by atoms with van der Waals surface area (Å²) in [6.45, 7) is 0. The summed E-state index contributed by atoms with van der Waals surface area (Å²) in [4.78, 5) is 24.7. The fourth-order valence-electron chi connectivity index (χ4n) is 2.53. The number of rotatable bonds is 2. The molecule has 1 amide bonds. The SMILES string of the molecule is O=C(Nc1ccc(F)cc1F)c1cc2c(=O)oc3ccccc3c2s1. The number of benzene rings is 2. The summed E-state index contributed by atoms with van der Waals surface area (Å²) in [6, 6.07) is 11.3. The van der Waals surface area contributed by atoms with Crippen molar-refractivity contribution >= 4 is 44.0 Å². The Morgan fingerprint density at radius 3 is 2.64 bits per heavy atom. The molecule has 0 aliphatic heterocycles. The van der Waals surface area contributed by atoms with Crippen LogP contribution in [0.3, 0.4) is 0 Å². The standard InChI is InChI=1S/C18H9F2NO3S/c19-9-5-6-13(12(20)7-9)21-17(22)15-8-11-16(25-15)10-3-1-2-4-14(10)24-18(11)23/h1-8H,(H,21,22). The second-order valence-corrected chi connectivity index (χ2v) is 6.37. The third-order valence-corrected chi connectivity index (χ3v) is 4.86. The van der Waals surface area contributed by atoms with E-state index in [1.54, 1.807) is 24.3 Å². The minimum Gasteiger partial charge on any atom is -0.422 e. The van der Waals surface area contributed by atoms with Crippen molar-refractivity contribution in [1.82, 2.24) is 0 Å². The summed E-state index contributed by atoms with van der Waals surface area (Å²) >= 11 is 1.11. The molecule has 25 heavy (non-hydrogen) atoms. The second kappa shape index (κ2) is 5.78. The van der Waals surface area contributed by atoms with E-state index in [4.69, 9.17) is 4.42 Å². The van der Waals surface area contributed by atoms with Crippen LogP contribution in [0.1, 0.15) is 9.67 Å². The number of nitrogens with one attached hydrogen (secondary N) is 1. The lowest BCUT2D eigenvalue weighted by Crippen LogP contribution is -2.11. The van der Waals surface area contributed by atoms with Crippen LogP contribution < -0.4 is 10.9 Å². The monoisotopic (exact) mass is 357 g/mol. The van der Waals surface area contributed by atoms with Crippen LogP contribution in [0.25, 0.3) is 21.1 Å². The average Bonchev–Trinajstić information content (AvgIpc) is 3.04. The Kier molecular flexibility index (Phi) is 3.58. The Morgan fingerprint density at radius 1 is 1.04 bits per heavy atom. The van der Waals surface area contributed by atoms with Crippen molar-refractivity contribution in [2.45, 2.75) is 0 Å². The number of fused-ring (bicyclic) bond motifs is 3. The van der Waals surface area contributed by atoms with Gasteiger partial charge < -0.3 is 9.73 Å². The molecule has 2 aromatic carbocycles. The van der Waals surface area contributed by atoms with Crippen molar-refractivity contribution in [2.24, 2.45) is 0 Å². The van der Waals surface area contributed by atoms with Gasteiger partial charge in [-0.25, -0.2) is 13.6 Å². The Labute approximate surface area is 143 Å². The quantitative estimate of drug-likeness (QED) is 0.536. The number of anilines is 1. The van der Waals surface area contributed by atoms with E-state index in [0.717, 1.165) is 23.5 Å². The summed E-state index contributed by atoms with van der Waals surface area (Å²) in [5.41, 5.74) is -0.254. The van der Waals surface area contributed by atoms with Gasteiger partial charge in [0.15, 0.2) is 0 Å². The van der Waals surface area contributed by atoms with Crippen LogP contribution in [-0.4, -0.2) is 5.91 Å². The zero-order valence-corrected chi connectivity index (χ0v) is 13.3. The smallest absolute Gasteiger partial charge is 0.345 e. The second-order valence-electron chi connectivity index (χ2n) is 5.32. The van der Waals surface area contributed by atoms with E-state index in [2.05, 4.69) is 5.32 Å². The molecular weight excluding hydrogens is 348 g/mol. The van der Waals surface area contributed by atoms with E-state index in [0.29, 0.717) is 21.7 Å². The first-order valence-electron chi connectivity index (χ1n) is 7.25. The third-order valence-electron chi connectivity index (χ3n) is 3.69. The van der Waals surface area contributed by atoms with Gasteiger partial charge >= 0.3 is 5.63 Å². The first-order chi connectivity index (χ1) is 12.0. The maximum Gasteiger partial charge on any atom is 0.345 e. The molecule has 0 radical (unpaired) electrons. The molecule has 124 valence electrons. The molecule has 2 aromatic heterocycles. The van der Waals surface area contributed by atoms with E-state index in [1.165, 1.54) is 6.07 Å². The van der Waals surface area contributed by atoms with Crippen LogP contribution >= 0.6 is 11.3 Å². The van der Waals surface area contributed by atoms with Gasteiger partial charge in [-0.3, -0.25) is 4.79 Å². The summed E-state index contributed by atoms with van der Waals surface area (Å²) in [5, 5.41) is 3.38. The van der Waals surface area contributed by atoms with Crippen LogP contribution in [-0.2, 0) is 0 Å². The van der Waals surface area contributed by atoms with Crippen molar-refractivity contribution in [1.29, 1.82) is 0 Å². The number of carbonyl (C=O) groups is 1. The van der Waals surface area contributed by atoms with Crippen LogP contribution in [0.4, 0.5) is 14.5 Å². The van der Waals surface area contributed by atoms with Crippen LogP contribution in [0, 0.1) is 11.6 Å². The number of halogens is 2. The number of amides is 1. The van der Waals surface area contributed by atoms with Gasteiger partial charge in [-0.05, 0) is 30.3 Å². The highest BCUT2D eigenvalue weighted by molar-refractivity contribution is 7.21. The number of carbonyl (C=O) groups excluding carboxylic acids is 1. The predicted octanol–water partition coefficient (Wildman–Crippen LogP) is 4.54. The summed E-state index contributed by atoms with van der Waals surface area (Å²) in [7, 11) is 0. The van der Waals surface area contributed by atoms with E-state index >= 15 is 0 Å². The fourth-order valence-corrected chi connectivity index (χ4v) is 3.60. The van der Waals surface area contributed by atoms with Gasteiger partial charge in [-0.1, -0.05) is 12.1 Å². The number of para-hydroxylation sites is 1. The molecule has 4 aromatic rings. The molecule has 0 bridgehead atoms. The molecular formula is C18H9F2NO3S. The molecule has 0 unspecified atom stereocenters. The van der Waals surface area contributed by atoms with Gasteiger partial charge in [-0.15, -0.1) is 11.3 Å². The molecule has 0 saturated heterocycles. The maximum absolute atomic E-state index is 13.7. The van der Waals surface area contributed by atoms with Gasteiger partial charge in [0.1, 0.15) is 17.2 Å². The van der Waals surface area contributed by atoms with Gasteiger partial charge in [-0.2, -0.15) is 0 Å². The number of hydrogen-bond donors (Lipinski definition) is 1. The lowest BCUT2D eigenvalue weighted by atomic mass is 10.2. The van der Waals surface area contributed by atoms with E-state index < -0.39 is 23.2 Å². The summed E-state index contributed by atoms with van der Waals surface area (Å²) in [6.07, 6.45) is 0. The molecule has 0 saturated carbocycles. The van der Waals surface area contributed by atoms with E-state index in [1.807, 2.05) is 0 Å². The summed E-state index contributed by atoms with van der Waals surface area (Å²) in [5.74, 6) is -2.20. The highest BCUT2D eigenvalue weighted by atomic mass is 32.1. The molecule has 0 aliphatic carbocycles. The topological polar surface area (TPSA) is 59.3 Å². The minimum absolute atomic E-state index is 0.138. The first-order valence-corrected chi connectivity index (χ1v) is 8.06. The van der Waals surface area contributed by atoms with Crippen molar-refractivity contribution in [3.8, 4) is 0 Å². The highest BCUT2D eigenvalue weighted by Gasteiger charge is 2.17. The van der Waals surface area contributed by atoms with Crippen LogP contribution in [0.2, 0.25) is 0 Å². The van der Waals surface area contributed by atoms with Gasteiger partial charge in [0.05, 0.1) is 20.7 Å². The van der Waals surface area contributed by atoms with Crippen LogP contribution in [0.5, 0.6) is 0 Å². The highest BCUT2D eigenvalue weighted by Crippen LogP contribution is 2.31. The maximum atomic E-state index is 13.7. The molecule has 4 rings (SSSR count). The fraction of sp³-hybridized carbons (Fsp3) is 0. The van der Waals surface area contributed by atoms with Crippen LogP contribution in [0.15, 0.2) is 57.7 Å². The zero-order valence-electron chi connectivity index (χ0n) is 12.5. The molecule has 0 aliphatic rings. The minimum atomic E-state index is -0.876. The molecule has 4 nitrogen and oxygen atoms in total. The lowest BCUT2D eigenvalue weighted by Gasteiger charge is -2.04. The Balaban J connectivity index is 1.79.